The van der Waals surface area contributed by atoms with Crippen molar-refractivity contribution in [3.8, 4) is 0 Å². The molecule has 0 heterocycles. The van der Waals surface area contributed by atoms with Gasteiger partial charge in [0.05, 0.1) is 0 Å². The molecular weight excluding hydrogens is 408 g/mol. The topological polar surface area (TPSA) is 0 Å². The third-order valence-corrected chi connectivity index (χ3v) is 8.27. The zero-order chi connectivity index (χ0) is 25.2. The van der Waals surface area contributed by atoms with Gasteiger partial charge in [0.15, 0.2) is 0 Å². The lowest BCUT2D eigenvalue weighted by Crippen LogP contribution is -2.23. The maximum atomic E-state index is 2.49. The minimum absolute atomic E-state index is 0.655. The first kappa shape index (κ1) is 34.0. The summed E-state index contributed by atoms with van der Waals surface area (Å²) in [5.41, 5.74) is 0.655. The molecule has 0 atom stereocenters. The minimum Gasteiger partial charge on any atom is -0.0654 e. The first-order chi connectivity index (χ1) is 16.6. The van der Waals surface area contributed by atoms with Gasteiger partial charge < -0.3 is 0 Å². The lowest BCUT2D eigenvalue weighted by atomic mass is 9.69. The summed E-state index contributed by atoms with van der Waals surface area (Å²) in [5.74, 6) is 0.854. The second-order valence-electron chi connectivity index (χ2n) is 12.4. The molecule has 0 aliphatic heterocycles. The van der Waals surface area contributed by atoms with E-state index in [-0.39, 0.29) is 0 Å². The summed E-state index contributed by atoms with van der Waals surface area (Å²) in [6, 6.07) is 0. The molecule has 0 saturated heterocycles. The highest BCUT2D eigenvalue weighted by Gasteiger charge is 2.29. The normalized spacial score (nSPS) is 12.2. The standard InChI is InChI=1S/C34H70/c1-6-9-12-15-18-21-24-27-30-34(32-33(4)5,29-26-23-20-17-14-11-8-3)31-28-25-22-19-16-13-10-7-2/h33H,6-32H2,1-5H3. The van der Waals surface area contributed by atoms with Crippen LogP contribution in [0.5, 0.6) is 0 Å². The smallest absolute Gasteiger partial charge is 0.0295 e. The van der Waals surface area contributed by atoms with Crippen molar-refractivity contribution >= 4 is 0 Å². The van der Waals surface area contributed by atoms with Crippen LogP contribution in [0.3, 0.4) is 0 Å². The molecule has 206 valence electrons. The molecule has 0 aromatic carbocycles. The van der Waals surface area contributed by atoms with Gasteiger partial charge in [0, 0.05) is 0 Å². The largest absolute Gasteiger partial charge is 0.0654 e. The molecule has 0 fully saturated rings. The summed E-state index contributed by atoms with van der Waals surface area (Å²) >= 11 is 0. The molecule has 0 aliphatic carbocycles. The summed E-state index contributed by atoms with van der Waals surface area (Å²) in [6.07, 6.45) is 39.6. The van der Waals surface area contributed by atoms with E-state index >= 15 is 0 Å². The van der Waals surface area contributed by atoms with Crippen LogP contribution in [-0.4, -0.2) is 0 Å². The fraction of sp³-hybridized carbons (Fsp3) is 1.00. The Morgan fingerprint density at radius 3 is 0.824 bits per heavy atom. The zero-order valence-electron chi connectivity index (χ0n) is 25.2. The van der Waals surface area contributed by atoms with Crippen molar-refractivity contribution < 1.29 is 0 Å². The first-order valence-electron chi connectivity index (χ1n) is 16.6. The molecule has 0 aromatic heterocycles. The number of unbranched alkanes of at least 4 members (excludes halogenated alkanes) is 20. The Morgan fingerprint density at radius 2 is 0.588 bits per heavy atom. The van der Waals surface area contributed by atoms with Crippen LogP contribution < -0.4 is 0 Å². The number of rotatable bonds is 28. The van der Waals surface area contributed by atoms with Gasteiger partial charge in [-0.1, -0.05) is 182 Å². The average Bonchev–Trinajstić information content (AvgIpc) is 2.81. The van der Waals surface area contributed by atoms with Gasteiger partial charge in [-0.25, -0.2) is 0 Å². The van der Waals surface area contributed by atoms with Crippen LogP contribution in [0.15, 0.2) is 0 Å². The highest BCUT2D eigenvalue weighted by Crippen LogP contribution is 2.43. The van der Waals surface area contributed by atoms with Gasteiger partial charge in [-0.3, -0.25) is 0 Å². The molecule has 0 N–H and O–H groups in total. The summed E-state index contributed by atoms with van der Waals surface area (Å²) in [7, 11) is 0. The molecule has 34 heavy (non-hydrogen) atoms. The lowest BCUT2D eigenvalue weighted by molar-refractivity contribution is 0.154. The Hall–Kier alpha value is 0. The Balaban J connectivity index is 4.54. The predicted molar refractivity (Wildman–Crippen MR) is 159 cm³/mol. The molecule has 0 nitrogen and oxygen atoms in total. The van der Waals surface area contributed by atoms with Crippen molar-refractivity contribution in [3.63, 3.8) is 0 Å². The van der Waals surface area contributed by atoms with E-state index in [1.54, 1.807) is 0 Å². The maximum absolute atomic E-state index is 2.49. The third-order valence-electron chi connectivity index (χ3n) is 8.27. The van der Waals surface area contributed by atoms with Gasteiger partial charge in [-0.2, -0.15) is 0 Å². The summed E-state index contributed by atoms with van der Waals surface area (Å²) in [5, 5.41) is 0. The van der Waals surface area contributed by atoms with Crippen molar-refractivity contribution in [2.75, 3.05) is 0 Å². The Morgan fingerprint density at radius 1 is 0.353 bits per heavy atom. The van der Waals surface area contributed by atoms with Crippen molar-refractivity contribution in [1.29, 1.82) is 0 Å². The van der Waals surface area contributed by atoms with E-state index in [0.717, 1.165) is 5.92 Å². The quantitative estimate of drug-likeness (QED) is 0.0980. The van der Waals surface area contributed by atoms with Crippen LogP contribution in [0.25, 0.3) is 0 Å². The van der Waals surface area contributed by atoms with Crippen LogP contribution in [0.4, 0.5) is 0 Å². The molecule has 0 aromatic rings. The monoisotopic (exact) mass is 479 g/mol. The highest BCUT2D eigenvalue weighted by atomic mass is 14.3. The van der Waals surface area contributed by atoms with Crippen LogP contribution in [-0.2, 0) is 0 Å². The second kappa shape index (κ2) is 26.1. The molecule has 0 unspecified atom stereocenters. The molecule has 0 aliphatic rings. The van der Waals surface area contributed by atoms with Crippen molar-refractivity contribution in [2.24, 2.45) is 11.3 Å². The Kier molecular flexibility index (Phi) is 26.1. The summed E-state index contributed by atoms with van der Waals surface area (Å²) in [4.78, 5) is 0. The molecule has 0 heteroatoms. The summed E-state index contributed by atoms with van der Waals surface area (Å²) in [6.45, 7) is 12.0. The molecule has 0 saturated carbocycles. The van der Waals surface area contributed by atoms with Crippen LogP contribution in [0.1, 0.15) is 208 Å². The molecule has 0 spiro atoms. The van der Waals surface area contributed by atoms with Gasteiger partial charge >= 0.3 is 0 Å². The van der Waals surface area contributed by atoms with E-state index in [1.807, 2.05) is 0 Å². The number of hydrogen-bond donors (Lipinski definition) is 0. The fourth-order valence-electron chi connectivity index (χ4n) is 6.27. The van der Waals surface area contributed by atoms with Crippen molar-refractivity contribution in [2.45, 2.75) is 208 Å². The minimum atomic E-state index is 0.655. The molecule has 0 rings (SSSR count). The first-order valence-corrected chi connectivity index (χ1v) is 16.6. The van der Waals surface area contributed by atoms with Crippen LogP contribution in [0, 0.1) is 11.3 Å². The highest BCUT2D eigenvalue weighted by molar-refractivity contribution is 4.81. The summed E-state index contributed by atoms with van der Waals surface area (Å²) < 4.78 is 0. The average molecular weight is 479 g/mol. The predicted octanol–water partition coefficient (Wildman–Crippen LogP) is 13.2. The van der Waals surface area contributed by atoms with Gasteiger partial charge in [-0.05, 0) is 37.0 Å². The molecule has 0 radical (unpaired) electrons. The van der Waals surface area contributed by atoms with Gasteiger partial charge in [0.25, 0.3) is 0 Å². The molecule has 0 bridgehead atoms. The van der Waals surface area contributed by atoms with Gasteiger partial charge in [0.1, 0.15) is 0 Å². The lowest BCUT2D eigenvalue weighted by Gasteiger charge is -2.36. The van der Waals surface area contributed by atoms with E-state index in [4.69, 9.17) is 0 Å². The van der Waals surface area contributed by atoms with Crippen molar-refractivity contribution in [1.82, 2.24) is 0 Å². The Labute approximate surface area is 219 Å². The fourth-order valence-corrected chi connectivity index (χ4v) is 6.27. The molecule has 0 amide bonds. The third kappa shape index (κ3) is 22.5. The van der Waals surface area contributed by atoms with E-state index in [2.05, 4.69) is 34.6 Å². The zero-order valence-corrected chi connectivity index (χ0v) is 25.2. The number of hydrogen-bond acceptors (Lipinski definition) is 0. The van der Waals surface area contributed by atoms with Gasteiger partial charge in [-0.15, -0.1) is 0 Å². The van der Waals surface area contributed by atoms with E-state index < -0.39 is 0 Å². The van der Waals surface area contributed by atoms with Gasteiger partial charge in [0.2, 0.25) is 0 Å². The van der Waals surface area contributed by atoms with E-state index in [0.29, 0.717) is 5.41 Å². The SMILES string of the molecule is CCCCCCCCCCC(CCCCCCCCC)(CCCCCCCCCC)CC(C)C. The maximum Gasteiger partial charge on any atom is -0.0295 e. The van der Waals surface area contributed by atoms with Crippen LogP contribution >= 0.6 is 0 Å². The van der Waals surface area contributed by atoms with E-state index in [9.17, 15) is 0 Å². The van der Waals surface area contributed by atoms with E-state index in [1.165, 1.54) is 173 Å². The second-order valence-corrected chi connectivity index (χ2v) is 12.4. The van der Waals surface area contributed by atoms with Crippen molar-refractivity contribution in [3.05, 3.63) is 0 Å². The van der Waals surface area contributed by atoms with Crippen LogP contribution in [0.2, 0.25) is 0 Å². The molecular formula is C34H70. The Bertz CT molecular complexity index is 348.